The highest BCUT2D eigenvalue weighted by Crippen LogP contribution is 2.27. The van der Waals surface area contributed by atoms with Crippen molar-refractivity contribution in [3.63, 3.8) is 0 Å². The monoisotopic (exact) mass is 488 g/mol. The van der Waals surface area contributed by atoms with Crippen LogP contribution in [0.3, 0.4) is 0 Å². The molecule has 1 aromatic rings. The van der Waals surface area contributed by atoms with Crippen molar-refractivity contribution >= 4 is 35.9 Å². The van der Waals surface area contributed by atoms with E-state index in [1.54, 1.807) is 7.05 Å². The first-order chi connectivity index (χ1) is 11.9. The second-order valence-corrected chi connectivity index (χ2v) is 5.73. The maximum atomic E-state index is 12.6. The van der Waals surface area contributed by atoms with Gasteiger partial charge < -0.3 is 16.0 Å². The number of halogens is 4. The lowest BCUT2D eigenvalue weighted by Gasteiger charge is -2.18. The average molecular weight is 488 g/mol. The van der Waals surface area contributed by atoms with Crippen molar-refractivity contribution in [2.75, 3.05) is 25.5 Å². The molecule has 1 rings (SSSR count). The number of rotatable bonds is 9. The van der Waals surface area contributed by atoms with Crippen LogP contribution in [0, 0.1) is 0 Å². The van der Waals surface area contributed by atoms with Crippen molar-refractivity contribution in [2.24, 2.45) is 4.99 Å². The van der Waals surface area contributed by atoms with Gasteiger partial charge in [0.05, 0.1) is 0 Å². The van der Waals surface area contributed by atoms with Gasteiger partial charge in [-0.15, -0.1) is 24.0 Å². The Kier molecular flexibility index (Phi) is 12.3. The highest BCUT2D eigenvalue weighted by Gasteiger charge is 2.32. The molecule has 1 atom stereocenters. The molecule has 0 aliphatic heterocycles. The van der Waals surface area contributed by atoms with Crippen LogP contribution in [0.4, 0.5) is 19.1 Å². The van der Waals surface area contributed by atoms with Gasteiger partial charge in [0.15, 0.2) is 5.96 Å². The Morgan fingerprint density at radius 2 is 2.00 bits per heavy atom. The Morgan fingerprint density at radius 1 is 1.27 bits per heavy atom. The number of aliphatic imine (C=N–C) groups is 1. The fourth-order valence-electron chi connectivity index (χ4n) is 2.16. The quantitative estimate of drug-likeness (QED) is 0.214. The molecule has 26 heavy (non-hydrogen) atoms. The van der Waals surface area contributed by atoms with Crippen LogP contribution in [0.15, 0.2) is 17.3 Å². The number of aromatic nitrogens is 2. The molecule has 0 amide bonds. The lowest BCUT2D eigenvalue weighted by Crippen LogP contribution is -2.43. The van der Waals surface area contributed by atoms with Gasteiger partial charge in [-0.1, -0.05) is 26.2 Å². The van der Waals surface area contributed by atoms with Gasteiger partial charge in [0.25, 0.3) is 0 Å². The number of hydrogen-bond donors (Lipinski definition) is 3. The Balaban J connectivity index is 0.00000625. The van der Waals surface area contributed by atoms with Gasteiger partial charge in [-0.3, -0.25) is 4.99 Å². The molecule has 0 radical (unpaired) electrons. The normalized spacial score (nSPS) is 12.9. The van der Waals surface area contributed by atoms with Crippen LogP contribution in [-0.2, 0) is 6.18 Å². The summed E-state index contributed by atoms with van der Waals surface area (Å²) in [6, 6.07) is 1.15. The van der Waals surface area contributed by atoms with Crippen LogP contribution in [-0.4, -0.2) is 42.1 Å². The first kappa shape index (κ1) is 24.7. The third kappa shape index (κ3) is 9.97. The zero-order valence-electron chi connectivity index (χ0n) is 15.4. The minimum absolute atomic E-state index is 0. The molecule has 0 saturated carbocycles. The summed E-state index contributed by atoms with van der Waals surface area (Å²) in [6.07, 6.45) is 1.23. The summed E-state index contributed by atoms with van der Waals surface area (Å²) in [6.45, 7) is 5.10. The molecule has 1 aromatic heterocycles. The van der Waals surface area contributed by atoms with Crippen molar-refractivity contribution < 1.29 is 13.2 Å². The molecule has 0 spiro atoms. The highest BCUT2D eigenvalue weighted by atomic mass is 127. The van der Waals surface area contributed by atoms with E-state index in [4.69, 9.17) is 0 Å². The summed E-state index contributed by atoms with van der Waals surface area (Å²) in [5.41, 5.74) is -0.962. The lowest BCUT2D eigenvalue weighted by atomic mass is 10.1. The Labute approximate surface area is 169 Å². The average Bonchev–Trinajstić information content (AvgIpc) is 2.57. The van der Waals surface area contributed by atoms with Gasteiger partial charge in [0.1, 0.15) is 5.69 Å². The molecule has 3 N–H and O–H groups in total. The zero-order valence-corrected chi connectivity index (χ0v) is 17.7. The second-order valence-electron chi connectivity index (χ2n) is 5.73. The van der Waals surface area contributed by atoms with Gasteiger partial charge in [-0.2, -0.15) is 13.2 Å². The number of unbranched alkanes of at least 4 members (excludes halogenated alkanes) is 2. The van der Waals surface area contributed by atoms with Crippen molar-refractivity contribution in [3.8, 4) is 0 Å². The van der Waals surface area contributed by atoms with Gasteiger partial charge >= 0.3 is 6.18 Å². The van der Waals surface area contributed by atoms with Crippen LogP contribution in [0.25, 0.3) is 0 Å². The summed E-state index contributed by atoms with van der Waals surface area (Å²) < 4.78 is 37.8. The molecule has 150 valence electrons. The smallest absolute Gasteiger partial charge is 0.355 e. The second kappa shape index (κ2) is 12.9. The predicted molar refractivity (Wildman–Crippen MR) is 109 cm³/mol. The van der Waals surface area contributed by atoms with Crippen molar-refractivity contribution in [1.29, 1.82) is 0 Å². The number of hydrogen-bond acceptors (Lipinski definition) is 4. The maximum absolute atomic E-state index is 12.6. The molecule has 1 heterocycles. The van der Waals surface area contributed by atoms with Gasteiger partial charge in [-0.05, 0) is 19.4 Å². The minimum Gasteiger partial charge on any atom is -0.355 e. The first-order valence-electron chi connectivity index (χ1n) is 8.48. The number of nitrogens with zero attached hydrogens (tertiary/aromatic N) is 3. The highest BCUT2D eigenvalue weighted by molar-refractivity contribution is 14.0. The topological polar surface area (TPSA) is 74.2 Å². The fourth-order valence-corrected chi connectivity index (χ4v) is 2.16. The van der Waals surface area contributed by atoms with E-state index in [-0.39, 0.29) is 29.9 Å². The van der Waals surface area contributed by atoms with E-state index in [2.05, 4.69) is 44.8 Å². The third-order valence-corrected chi connectivity index (χ3v) is 3.49. The lowest BCUT2D eigenvalue weighted by molar-refractivity contribution is -0.141. The van der Waals surface area contributed by atoms with Crippen molar-refractivity contribution in [2.45, 2.75) is 51.7 Å². The van der Waals surface area contributed by atoms with Crippen LogP contribution < -0.4 is 16.0 Å². The molecule has 1 unspecified atom stereocenters. The van der Waals surface area contributed by atoms with Crippen molar-refractivity contribution in [1.82, 2.24) is 20.6 Å². The Bertz CT molecular complexity index is 539. The van der Waals surface area contributed by atoms with E-state index >= 15 is 0 Å². The van der Waals surface area contributed by atoms with Crippen LogP contribution in [0.5, 0.6) is 0 Å². The van der Waals surface area contributed by atoms with Gasteiger partial charge in [0, 0.05) is 32.4 Å². The van der Waals surface area contributed by atoms with E-state index in [1.807, 2.05) is 0 Å². The maximum Gasteiger partial charge on any atom is 0.433 e. The summed E-state index contributed by atoms with van der Waals surface area (Å²) >= 11 is 0. The van der Waals surface area contributed by atoms with E-state index < -0.39 is 11.9 Å². The van der Waals surface area contributed by atoms with Crippen LogP contribution in [0.1, 0.15) is 45.2 Å². The number of guanidine groups is 1. The molecule has 0 aliphatic rings. The van der Waals surface area contributed by atoms with E-state index in [1.165, 1.54) is 12.8 Å². The van der Waals surface area contributed by atoms with Gasteiger partial charge in [0.2, 0.25) is 5.95 Å². The summed E-state index contributed by atoms with van der Waals surface area (Å²) in [5.74, 6) is 0.614. The Morgan fingerprint density at radius 3 is 2.62 bits per heavy atom. The molecule has 0 bridgehead atoms. The number of nitrogens with one attached hydrogen (secondary N) is 3. The van der Waals surface area contributed by atoms with E-state index in [0.29, 0.717) is 25.1 Å². The number of alkyl halides is 3. The predicted octanol–water partition coefficient (Wildman–Crippen LogP) is 3.66. The number of anilines is 1. The minimum atomic E-state index is -4.47. The van der Waals surface area contributed by atoms with E-state index in [0.717, 1.165) is 25.1 Å². The molecular formula is C16H28F3IN6. The van der Waals surface area contributed by atoms with Gasteiger partial charge in [-0.25, -0.2) is 9.97 Å². The van der Waals surface area contributed by atoms with Crippen molar-refractivity contribution in [3.05, 3.63) is 18.0 Å². The SMILES string of the molecule is CCCCCC(C)NC(=NC)NCCNc1nccc(C(F)(F)F)n1.I. The third-order valence-electron chi connectivity index (χ3n) is 3.49. The fraction of sp³-hybridized carbons (Fsp3) is 0.688. The zero-order chi connectivity index (χ0) is 18.7. The molecule has 0 aromatic carbocycles. The standard InChI is InChI=1S/C16H27F3N6.HI/c1-4-5-6-7-12(2)24-14(20-3)22-10-11-23-15-21-9-8-13(25-15)16(17,18)19;/h8-9,12H,4-7,10-11H2,1-3H3,(H2,20,22,24)(H,21,23,25);1H. The largest absolute Gasteiger partial charge is 0.433 e. The molecule has 6 nitrogen and oxygen atoms in total. The summed E-state index contributed by atoms with van der Waals surface area (Å²) in [4.78, 5) is 11.4. The summed E-state index contributed by atoms with van der Waals surface area (Å²) in [5, 5.41) is 9.15. The molecule has 0 fully saturated rings. The molecular weight excluding hydrogens is 460 g/mol. The van der Waals surface area contributed by atoms with Crippen LogP contribution in [0.2, 0.25) is 0 Å². The summed E-state index contributed by atoms with van der Waals surface area (Å²) in [7, 11) is 1.68. The van der Waals surface area contributed by atoms with Crippen LogP contribution >= 0.6 is 24.0 Å². The molecule has 0 aliphatic carbocycles. The van der Waals surface area contributed by atoms with E-state index in [9.17, 15) is 13.2 Å². The molecule has 10 heteroatoms. The Hall–Kier alpha value is -1.33. The first-order valence-corrected chi connectivity index (χ1v) is 8.48. The molecule has 0 saturated heterocycles.